The Bertz CT molecular complexity index is 764. The topological polar surface area (TPSA) is 106 Å². The zero-order chi connectivity index (χ0) is 21.1. The number of carboxylic acid groups (broad SMARTS) is 1. The number of nitrogens with one attached hydrogen (secondary N) is 1. The molecule has 2 rings (SSSR count). The van der Waals surface area contributed by atoms with E-state index >= 15 is 0 Å². The number of amides is 1. The Kier molecular flexibility index (Phi) is 8.83. The number of ether oxygens (including phenoxy) is 1. The van der Waals surface area contributed by atoms with Gasteiger partial charge in [-0.2, -0.15) is 5.26 Å². The van der Waals surface area contributed by atoms with Crippen LogP contribution in [0.1, 0.15) is 25.7 Å². The quantitative estimate of drug-likeness (QED) is 0.351. The van der Waals surface area contributed by atoms with E-state index < -0.39 is 11.9 Å². The van der Waals surface area contributed by atoms with Gasteiger partial charge in [0.2, 0.25) is 0 Å². The molecule has 1 aromatic carbocycles. The first-order valence-electron chi connectivity index (χ1n) is 9.79. The molecule has 1 saturated heterocycles. The molecular weight excluding hydrogens is 372 g/mol. The SMILES string of the molecule is COc1ccccc1N1CCN(/C=C(/C#N)C(=O)NCCCCCC(=O)O)CC1. The summed E-state index contributed by atoms with van der Waals surface area (Å²) in [5.74, 6) is -0.371. The number of methoxy groups -OCH3 is 1. The molecule has 8 heteroatoms. The number of rotatable bonds is 10. The summed E-state index contributed by atoms with van der Waals surface area (Å²) in [4.78, 5) is 26.9. The first-order valence-corrected chi connectivity index (χ1v) is 9.79. The first kappa shape index (κ1) is 22.1. The third kappa shape index (κ3) is 7.03. The molecule has 156 valence electrons. The normalized spacial score (nSPS) is 14.3. The zero-order valence-corrected chi connectivity index (χ0v) is 16.8. The highest BCUT2D eigenvalue weighted by Crippen LogP contribution is 2.28. The van der Waals surface area contributed by atoms with Crippen molar-refractivity contribution in [3.05, 3.63) is 36.0 Å². The summed E-state index contributed by atoms with van der Waals surface area (Å²) in [5, 5.41) is 20.7. The number of para-hydroxylation sites is 2. The van der Waals surface area contributed by atoms with E-state index in [0.29, 0.717) is 32.5 Å². The van der Waals surface area contributed by atoms with E-state index in [1.54, 1.807) is 13.3 Å². The van der Waals surface area contributed by atoms with Gasteiger partial charge < -0.3 is 25.0 Å². The van der Waals surface area contributed by atoms with Crippen LogP contribution in [0.2, 0.25) is 0 Å². The number of aliphatic carboxylic acids is 1. The standard InChI is InChI=1S/C21H28N4O4/c1-29-19-8-5-4-7-18(19)25-13-11-24(12-14-25)16-17(15-22)21(28)23-10-6-2-3-9-20(26)27/h4-5,7-8,16H,2-3,6,9-14H2,1H3,(H,23,28)(H,26,27)/b17-16-. The lowest BCUT2D eigenvalue weighted by Gasteiger charge is -2.36. The number of hydrogen-bond donors (Lipinski definition) is 2. The van der Waals surface area contributed by atoms with Crippen LogP contribution in [-0.2, 0) is 9.59 Å². The Morgan fingerprint density at radius 1 is 1.21 bits per heavy atom. The second-order valence-corrected chi connectivity index (χ2v) is 6.81. The number of anilines is 1. The molecule has 1 fully saturated rings. The molecule has 1 amide bonds. The smallest absolute Gasteiger partial charge is 0.303 e. The van der Waals surface area contributed by atoms with Crippen molar-refractivity contribution in [1.82, 2.24) is 10.2 Å². The molecule has 0 aliphatic carbocycles. The number of unbranched alkanes of at least 4 members (excludes halogenated alkanes) is 2. The molecule has 1 aliphatic rings. The van der Waals surface area contributed by atoms with Crippen molar-refractivity contribution in [3.63, 3.8) is 0 Å². The van der Waals surface area contributed by atoms with Crippen LogP contribution in [0.4, 0.5) is 5.69 Å². The van der Waals surface area contributed by atoms with Gasteiger partial charge in [0.25, 0.3) is 5.91 Å². The van der Waals surface area contributed by atoms with Gasteiger partial charge in [-0.05, 0) is 25.0 Å². The molecule has 1 aromatic rings. The van der Waals surface area contributed by atoms with Crippen LogP contribution in [-0.4, -0.2) is 61.7 Å². The molecule has 2 N–H and O–H groups in total. The molecule has 1 heterocycles. The third-order valence-corrected chi connectivity index (χ3v) is 4.77. The lowest BCUT2D eigenvalue weighted by atomic mass is 10.2. The number of carboxylic acids is 1. The second kappa shape index (κ2) is 11.6. The van der Waals surface area contributed by atoms with Crippen molar-refractivity contribution in [1.29, 1.82) is 5.26 Å². The minimum atomic E-state index is -0.811. The highest BCUT2D eigenvalue weighted by atomic mass is 16.5. The summed E-state index contributed by atoms with van der Waals surface area (Å²) in [6.45, 7) is 3.36. The zero-order valence-electron chi connectivity index (χ0n) is 16.8. The third-order valence-electron chi connectivity index (χ3n) is 4.77. The molecule has 29 heavy (non-hydrogen) atoms. The second-order valence-electron chi connectivity index (χ2n) is 6.81. The molecule has 0 spiro atoms. The van der Waals surface area contributed by atoms with E-state index in [2.05, 4.69) is 10.2 Å². The van der Waals surface area contributed by atoms with Crippen LogP contribution < -0.4 is 15.0 Å². The highest BCUT2D eigenvalue weighted by Gasteiger charge is 2.19. The minimum Gasteiger partial charge on any atom is -0.495 e. The Hall–Kier alpha value is -3.21. The predicted octanol–water partition coefficient (Wildman–Crippen LogP) is 1.99. The van der Waals surface area contributed by atoms with Gasteiger partial charge in [-0.3, -0.25) is 9.59 Å². The molecule has 0 radical (unpaired) electrons. The van der Waals surface area contributed by atoms with Crippen LogP contribution in [0.15, 0.2) is 36.0 Å². The average Bonchev–Trinajstić information content (AvgIpc) is 2.74. The summed E-state index contributed by atoms with van der Waals surface area (Å²) in [7, 11) is 1.65. The Labute approximate surface area is 171 Å². The first-order chi connectivity index (χ1) is 14.0. The van der Waals surface area contributed by atoms with Gasteiger partial charge in [0.1, 0.15) is 17.4 Å². The Morgan fingerprint density at radius 3 is 2.59 bits per heavy atom. The van der Waals surface area contributed by atoms with Crippen molar-refractivity contribution in [2.45, 2.75) is 25.7 Å². The number of nitriles is 1. The number of nitrogens with zero attached hydrogens (tertiary/aromatic N) is 3. The predicted molar refractivity (Wildman–Crippen MR) is 110 cm³/mol. The van der Waals surface area contributed by atoms with Crippen LogP contribution in [0.3, 0.4) is 0 Å². The largest absolute Gasteiger partial charge is 0.495 e. The van der Waals surface area contributed by atoms with Gasteiger partial charge in [0.05, 0.1) is 12.8 Å². The van der Waals surface area contributed by atoms with Crippen molar-refractivity contribution >= 4 is 17.6 Å². The molecule has 0 saturated carbocycles. The summed E-state index contributed by atoms with van der Waals surface area (Å²) >= 11 is 0. The molecule has 0 unspecified atom stereocenters. The van der Waals surface area contributed by atoms with E-state index in [4.69, 9.17) is 9.84 Å². The van der Waals surface area contributed by atoms with E-state index in [1.807, 2.05) is 35.2 Å². The number of piperazine rings is 1. The van der Waals surface area contributed by atoms with Gasteiger partial charge in [-0.25, -0.2) is 0 Å². The van der Waals surface area contributed by atoms with E-state index in [0.717, 1.165) is 30.9 Å². The van der Waals surface area contributed by atoms with E-state index in [9.17, 15) is 14.9 Å². The summed E-state index contributed by atoms with van der Waals surface area (Å²) in [6, 6.07) is 9.84. The van der Waals surface area contributed by atoms with Gasteiger partial charge in [0.15, 0.2) is 0 Å². The molecule has 0 aromatic heterocycles. The van der Waals surface area contributed by atoms with Gasteiger partial charge in [0, 0.05) is 45.3 Å². The summed E-state index contributed by atoms with van der Waals surface area (Å²) in [5.41, 5.74) is 1.13. The van der Waals surface area contributed by atoms with Crippen molar-refractivity contribution in [2.75, 3.05) is 44.7 Å². The molecule has 0 bridgehead atoms. The van der Waals surface area contributed by atoms with Gasteiger partial charge in [-0.1, -0.05) is 18.6 Å². The van der Waals surface area contributed by atoms with Crippen molar-refractivity contribution in [2.24, 2.45) is 0 Å². The summed E-state index contributed by atoms with van der Waals surface area (Å²) < 4.78 is 5.42. The lowest BCUT2D eigenvalue weighted by molar-refractivity contribution is -0.137. The Morgan fingerprint density at radius 2 is 1.93 bits per heavy atom. The van der Waals surface area contributed by atoms with Crippen molar-refractivity contribution < 1.29 is 19.4 Å². The maximum absolute atomic E-state index is 12.2. The number of carbonyl (C=O) groups is 2. The van der Waals surface area contributed by atoms with E-state index in [-0.39, 0.29) is 12.0 Å². The number of carbonyl (C=O) groups excluding carboxylic acids is 1. The van der Waals surface area contributed by atoms with Crippen LogP contribution in [0.5, 0.6) is 5.75 Å². The maximum atomic E-state index is 12.2. The van der Waals surface area contributed by atoms with Gasteiger partial charge >= 0.3 is 5.97 Å². The Balaban J connectivity index is 1.80. The fourth-order valence-corrected chi connectivity index (χ4v) is 3.18. The van der Waals surface area contributed by atoms with Gasteiger partial charge in [-0.15, -0.1) is 0 Å². The fraction of sp³-hybridized carbons (Fsp3) is 0.476. The van der Waals surface area contributed by atoms with E-state index in [1.165, 1.54) is 0 Å². The molecule has 0 atom stereocenters. The van der Waals surface area contributed by atoms with Crippen LogP contribution in [0, 0.1) is 11.3 Å². The number of hydrogen-bond acceptors (Lipinski definition) is 6. The minimum absolute atomic E-state index is 0.0845. The monoisotopic (exact) mass is 400 g/mol. The summed E-state index contributed by atoms with van der Waals surface area (Å²) in [6.07, 6.45) is 3.76. The lowest BCUT2D eigenvalue weighted by Crippen LogP contribution is -2.44. The van der Waals surface area contributed by atoms with Crippen LogP contribution >= 0.6 is 0 Å². The number of benzene rings is 1. The highest BCUT2D eigenvalue weighted by molar-refractivity contribution is 5.97. The average molecular weight is 400 g/mol. The molecule has 1 aliphatic heterocycles. The molecule has 8 nitrogen and oxygen atoms in total. The fourth-order valence-electron chi connectivity index (χ4n) is 3.18. The molecular formula is C21H28N4O4. The maximum Gasteiger partial charge on any atom is 0.303 e. The van der Waals surface area contributed by atoms with Crippen LogP contribution in [0.25, 0.3) is 0 Å². The van der Waals surface area contributed by atoms with Crippen molar-refractivity contribution in [3.8, 4) is 11.8 Å².